The number of nitrogens with zero attached hydrogens (tertiary/aromatic N) is 2. The second-order valence-corrected chi connectivity index (χ2v) is 6.42. The summed E-state index contributed by atoms with van der Waals surface area (Å²) in [5.41, 5.74) is 1.15. The highest BCUT2D eigenvalue weighted by Crippen LogP contribution is 2.27. The van der Waals surface area contributed by atoms with Crippen LogP contribution < -0.4 is 14.8 Å². The van der Waals surface area contributed by atoms with Crippen molar-refractivity contribution < 1.29 is 18.9 Å². The highest BCUT2D eigenvalue weighted by atomic mass is 35.5. The summed E-state index contributed by atoms with van der Waals surface area (Å²) in [6.45, 7) is 4.31. The van der Waals surface area contributed by atoms with Crippen LogP contribution in [0.3, 0.4) is 0 Å². The summed E-state index contributed by atoms with van der Waals surface area (Å²) in [4.78, 5) is 12.5. The number of anilines is 1. The number of para-hydroxylation sites is 1. The fraction of sp³-hybridized carbons (Fsp3) is 0.250. The van der Waals surface area contributed by atoms with Crippen LogP contribution in [-0.2, 0) is 4.79 Å². The highest BCUT2D eigenvalue weighted by molar-refractivity contribution is 6.32. The Morgan fingerprint density at radius 3 is 2.64 bits per heavy atom. The summed E-state index contributed by atoms with van der Waals surface area (Å²) in [7, 11) is 0. The molecular weight excluding hydrogens is 382 g/mol. The maximum Gasteiger partial charge on any atom is 0.266 e. The molecule has 0 bridgehead atoms. The van der Waals surface area contributed by atoms with E-state index in [0.717, 1.165) is 17.7 Å². The number of hydrogen-bond donors (Lipinski definition) is 1. The van der Waals surface area contributed by atoms with Crippen LogP contribution in [0, 0.1) is 0 Å². The van der Waals surface area contributed by atoms with Crippen molar-refractivity contribution in [3.05, 3.63) is 53.6 Å². The van der Waals surface area contributed by atoms with Crippen molar-refractivity contribution in [2.45, 2.75) is 26.4 Å². The summed E-state index contributed by atoms with van der Waals surface area (Å²) in [5.74, 6) is 0.990. The molecular formula is C20H20ClN3O4. The summed E-state index contributed by atoms with van der Waals surface area (Å²) in [6.07, 6.45) is 0.133. The quantitative estimate of drug-likeness (QED) is 0.594. The molecule has 0 fully saturated rings. The molecule has 1 aromatic heterocycles. The van der Waals surface area contributed by atoms with Crippen LogP contribution in [0.15, 0.2) is 53.2 Å². The number of amides is 1. The Bertz CT molecular complexity index is 927. The maximum absolute atomic E-state index is 12.5. The van der Waals surface area contributed by atoms with Crippen molar-refractivity contribution in [1.29, 1.82) is 0 Å². The van der Waals surface area contributed by atoms with Gasteiger partial charge in [0.1, 0.15) is 11.5 Å². The number of halogens is 1. The van der Waals surface area contributed by atoms with Crippen LogP contribution >= 0.6 is 11.6 Å². The first-order valence-electron chi connectivity index (χ1n) is 8.86. The predicted molar refractivity (Wildman–Crippen MR) is 106 cm³/mol. The van der Waals surface area contributed by atoms with Gasteiger partial charge >= 0.3 is 0 Å². The molecule has 1 amide bonds. The zero-order chi connectivity index (χ0) is 19.9. The highest BCUT2D eigenvalue weighted by Gasteiger charge is 2.21. The maximum atomic E-state index is 12.5. The van der Waals surface area contributed by atoms with Crippen molar-refractivity contribution >= 4 is 23.3 Å². The predicted octanol–water partition coefficient (Wildman–Crippen LogP) is 4.58. The second-order valence-electron chi connectivity index (χ2n) is 6.01. The molecule has 0 aliphatic rings. The second kappa shape index (κ2) is 9.23. The van der Waals surface area contributed by atoms with Crippen LogP contribution in [0.1, 0.15) is 20.3 Å². The Morgan fingerprint density at radius 1 is 1.18 bits per heavy atom. The lowest BCUT2D eigenvalue weighted by atomic mass is 10.1. The third-order valence-corrected chi connectivity index (χ3v) is 4.15. The van der Waals surface area contributed by atoms with E-state index >= 15 is 0 Å². The minimum Gasteiger partial charge on any atom is -0.494 e. The molecule has 0 aliphatic heterocycles. The summed E-state index contributed by atoms with van der Waals surface area (Å²) in [5, 5.41) is 10.8. The average molecular weight is 402 g/mol. The third-order valence-electron chi connectivity index (χ3n) is 3.84. The standard InChI is InChI=1S/C20H20ClN3O4/c1-3-12-26-15-10-8-14(9-11-15)18-19(24-28-23-18)22-20(25)13(2)27-17-7-5-4-6-16(17)21/h4-11,13H,3,12H2,1-2H3,(H,22,24,25). The fourth-order valence-corrected chi connectivity index (χ4v) is 2.57. The van der Waals surface area contributed by atoms with Crippen molar-refractivity contribution in [2.24, 2.45) is 0 Å². The molecule has 0 aliphatic carbocycles. The zero-order valence-corrected chi connectivity index (χ0v) is 16.3. The van der Waals surface area contributed by atoms with E-state index in [4.69, 9.17) is 25.7 Å². The topological polar surface area (TPSA) is 86.5 Å². The first kappa shape index (κ1) is 19.7. The first-order valence-corrected chi connectivity index (χ1v) is 9.24. The molecule has 8 heteroatoms. The average Bonchev–Trinajstić information content (AvgIpc) is 3.16. The Kier molecular flexibility index (Phi) is 6.49. The van der Waals surface area contributed by atoms with Gasteiger partial charge in [0.2, 0.25) is 5.82 Å². The van der Waals surface area contributed by atoms with Crippen LogP contribution in [0.25, 0.3) is 11.3 Å². The Morgan fingerprint density at radius 2 is 1.93 bits per heavy atom. The molecule has 146 valence electrons. The van der Waals surface area contributed by atoms with Gasteiger partial charge in [-0.1, -0.05) is 30.7 Å². The normalized spacial score (nSPS) is 11.7. The number of nitrogens with one attached hydrogen (secondary N) is 1. The minimum absolute atomic E-state index is 0.210. The van der Waals surface area contributed by atoms with Crippen LogP contribution in [-0.4, -0.2) is 28.9 Å². The van der Waals surface area contributed by atoms with Gasteiger partial charge in [0, 0.05) is 5.56 Å². The molecule has 1 atom stereocenters. The van der Waals surface area contributed by atoms with Crippen molar-refractivity contribution in [1.82, 2.24) is 10.3 Å². The van der Waals surface area contributed by atoms with E-state index in [1.54, 1.807) is 31.2 Å². The van der Waals surface area contributed by atoms with Crippen LogP contribution in [0.5, 0.6) is 11.5 Å². The van der Waals surface area contributed by atoms with E-state index in [0.29, 0.717) is 23.1 Å². The summed E-state index contributed by atoms with van der Waals surface area (Å²) >= 11 is 6.06. The number of rotatable bonds is 8. The lowest BCUT2D eigenvalue weighted by molar-refractivity contribution is -0.122. The van der Waals surface area contributed by atoms with Gasteiger partial charge in [0.25, 0.3) is 5.91 Å². The third kappa shape index (κ3) is 4.80. The van der Waals surface area contributed by atoms with Crippen LogP contribution in [0.4, 0.5) is 5.82 Å². The van der Waals surface area contributed by atoms with Gasteiger partial charge in [0.15, 0.2) is 11.8 Å². The molecule has 3 aromatic rings. The first-order chi connectivity index (χ1) is 13.6. The van der Waals surface area contributed by atoms with E-state index in [9.17, 15) is 4.79 Å². The molecule has 0 spiro atoms. The smallest absolute Gasteiger partial charge is 0.266 e. The Hall–Kier alpha value is -3.06. The molecule has 1 unspecified atom stereocenters. The molecule has 3 rings (SSSR count). The number of carbonyl (C=O) groups is 1. The molecule has 0 saturated heterocycles. The number of hydrogen-bond acceptors (Lipinski definition) is 6. The minimum atomic E-state index is -0.797. The van der Waals surface area contributed by atoms with Gasteiger partial charge in [-0.15, -0.1) is 0 Å². The monoisotopic (exact) mass is 401 g/mol. The molecule has 0 radical (unpaired) electrons. The van der Waals surface area contributed by atoms with Gasteiger partial charge in [-0.25, -0.2) is 4.63 Å². The molecule has 1 N–H and O–H groups in total. The molecule has 0 saturated carbocycles. The summed E-state index contributed by atoms with van der Waals surface area (Å²) in [6, 6.07) is 14.2. The lowest BCUT2D eigenvalue weighted by Crippen LogP contribution is -2.30. The summed E-state index contributed by atoms with van der Waals surface area (Å²) < 4.78 is 16.0. The van der Waals surface area contributed by atoms with Gasteiger partial charge in [-0.2, -0.15) is 0 Å². The molecule has 7 nitrogen and oxygen atoms in total. The molecule has 1 heterocycles. The van der Waals surface area contributed by atoms with Crippen molar-refractivity contribution in [2.75, 3.05) is 11.9 Å². The van der Waals surface area contributed by atoms with E-state index in [1.807, 2.05) is 31.2 Å². The lowest BCUT2D eigenvalue weighted by Gasteiger charge is -2.14. The van der Waals surface area contributed by atoms with Gasteiger partial charge in [0.05, 0.1) is 11.6 Å². The molecule has 2 aromatic carbocycles. The number of ether oxygens (including phenoxy) is 2. The largest absolute Gasteiger partial charge is 0.494 e. The van der Waals surface area contributed by atoms with Crippen molar-refractivity contribution in [3.63, 3.8) is 0 Å². The van der Waals surface area contributed by atoms with Gasteiger partial charge in [-0.05, 0) is 60.1 Å². The Balaban J connectivity index is 1.68. The van der Waals surface area contributed by atoms with E-state index in [1.165, 1.54) is 0 Å². The van der Waals surface area contributed by atoms with E-state index in [2.05, 4.69) is 15.6 Å². The number of aromatic nitrogens is 2. The molecule has 28 heavy (non-hydrogen) atoms. The number of carbonyl (C=O) groups excluding carboxylic acids is 1. The van der Waals surface area contributed by atoms with Crippen LogP contribution in [0.2, 0.25) is 5.02 Å². The number of benzene rings is 2. The Labute approximate surface area is 167 Å². The van der Waals surface area contributed by atoms with Gasteiger partial charge < -0.3 is 14.8 Å². The zero-order valence-electron chi connectivity index (χ0n) is 15.5. The van der Waals surface area contributed by atoms with Crippen molar-refractivity contribution in [3.8, 4) is 22.8 Å². The van der Waals surface area contributed by atoms with E-state index < -0.39 is 12.0 Å². The van der Waals surface area contributed by atoms with E-state index in [-0.39, 0.29) is 5.82 Å². The SMILES string of the molecule is CCCOc1ccc(-c2nonc2NC(=O)C(C)Oc2ccccc2Cl)cc1. The van der Waals surface area contributed by atoms with Gasteiger partial charge in [-0.3, -0.25) is 4.79 Å². The fourth-order valence-electron chi connectivity index (χ4n) is 2.39.